The lowest BCUT2D eigenvalue weighted by Gasteiger charge is -2.11. The van der Waals surface area contributed by atoms with E-state index in [0.717, 1.165) is 5.56 Å². The number of hydrogen-bond acceptors (Lipinski definition) is 3. The van der Waals surface area contributed by atoms with E-state index >= 15 is 0 Å². The lowest BCUT2D eigenvalue weighted by molar-refractivity contribution is 0.101. The summed E-state index contributed by atoms with van der Waals surface area (Å²) in [5.41, 5.74) is 2.11. The number of fused-ring (bicyclic) bond motifs is 1. The molecule has 0 bridgehead atoms. The van der Waals surface area contributed by atoms with Crippen LogP contribution in [0.2, 0.25) is 10.0 Å². The Morgan fingerprint density at radius 3 is 2.66 bits per heavy atom. The monoisotopic (exact) mass is 428 g/mol. The van der Waals surface area contributed by atoms with Gasteiger partial charge in [-0.1, -0.05) is 41.4 Å². The van der Waals surface area contributed by atoms with Gasteiger partial charge in [-0.15, -0.1) is 0 Å². The van der Waals surface area contributed by atoms with E-state index in [1.807, 2.05) is 18.2 Å². The molecule has 0 fully saturated rings. The molecular formula is C23H15Cl2FO3. The number of halogens is 3. The molecule has 0 radical (unpaired) electrons. The van der Waals surface area contributed by atoms with Crippen molar-refractivity contribution in [1.29, 1.82) is 0 Å². The van der Waals surface area contributed by atoms with E-state index in [4.69, 9.17) is 32.7 Å². The van der Waals surface area contributed by atoms with E-state index in [0.29, 0.717) is 34.3 Å². The van der Waals surface area contributed by atoms with Gasteiger partial charge in [-0.2, -0.15) is 0 Å². The van der Waals surface area contributed by atoms with Crippen LogP contribution in [0.4, 0.5) is 4.39 Å². The summed E-state index contributed by atoms with van der Waals surface area (Å²) in [6.07, 6.45) is 1.33. The van der Waals surface area contributed by atoms with Crippen LogP contribution in [0.5, 0.6) is 11.5 Å². The van der Waals surface area contributed by atoms with Gasteiger partial charge in [-0.25, -0.2) is 4.39 Å². The second-order valence-corrected chi connectivity index (χ2v) is 7.40. The summed E-state index contributed by atoms with van der Waals surface area (Å²) < 4.78 is 25.7. The molecule has 1 heterocycles. The van der Waals surface area contributed by atoms with Crippen molar-refractivity contribution in [2.45, 2.75) is 13.5 Å². The van der Waals surface area contributed by atoms with Crippen LogP contribution in [0.1, 0.15) is 27.0 Å². The van der Waals surface area contributed by atoms with Gasteiger partial charge in [0.15, 0.2) is 5.76 Å². The average Bonchev–Trinajstić information content (AvgIpc) is 3.01. The normalized spacial score (nSPS) is 14.1. The number of rotatable bonds is 4. The summed E-state index contributed by atoms with van der Waals surface area (Å²) in [4.78, 5) is 12.7. The highest BCUT2D eigenvalue weighted by atomic mass is 35.5. The van der Waals surface area contributed by atoms with Gasteiger partial charge in [0.2, 0.25) is 5.78 Å². The number of carbonyl (C=O) groups is 1. The van der Waals surface area contributed by atoms with E-state index in [2.05, 4.69) is 0 Å². The van der Waals surface area contributed by atoms with Gasteiger partial charge < -0.3 is 9.47 Å². The van der Waals surface area contributed by atoms with Crippen LogP contribution in [0.25, 0.3) is 6.08 Å². The minimum Gasteiger partial charge on any atom is -0.488 e. The van der Waals surface area contributed by atoms with E-state index in [1.165, 1.54) is 18.2 Å². The van der Waals surface area contributed by atoms with Crippen molar-refractivity contribution < 1.29 is 18.7 Å². The van der Waals surface area contributed by atoms with Crippen molar-refractivity contribution in [2.24, 2.45) is 0 Å². The molecule has 0 unspecified atom stereocenters. The quantitative estimate of drug-likeness (QED) is 0.437. The number of carbonyl (C=O) groups excluding carboxylic acids is 1. The first-order chi connectivity index (χ1) is 13.9. The van der Waals surface area contributed by atoms with E-state index in [9.17, 15) is 9.18 Å². The topological polar surface area (TPSA) is 35.5 Å². The van der Waals surface area contributed by atoms with Crippen LogP contribution in [0.15, 0.2) is 60.4 Å². The highest BCUT2D eigenvalue weighted by Crippen LogP contribution is 2.40. The van der Waals surface area contributed by atoms with E-state index in [1.54, 1.807) is 31.2 Å². The van der Waals surface area contributed by atoms with Gasteiger partial charge in [0.1, 0.15) is 23.9 Å². The Balaban J connectivity index is 1.61. The Kier molecular flexibility index (Phi) is 5.31. The number of ether oxygens (including phenoxy) is 2. The molecule has 3 nitrogen and oxygen atoms in total. The fourth-order valence-corrected chi connectivity index (χ4v) is 3.52. The molecule has 6 heteroatoms. The maximum absolute atomic E-state index is 14.1. The Morgan fingerprint density at radius 2 is 1.90 bits per heavy atom. The SMILES string of the molecule is Cc1c(OCc2cccc(Cl)c2)ccc2c1O/C(=C\c1c(F)cccc1Cl)C2=O. The lowest BCUT2D eigenvalue weighted by Crippen LogP contribution is -1.99. The molecular weight excluding hydrogens is 414 g/mol. The number of benzene rings is 3. The largest absolute Gasteiger partial charge is 0.488 e. The van der Waals surface area contributed by atoms with Crippen LogP contribution < -0.4 is 9.47 Å². The maximum atomic E-state index is 14.1. The predicted molar refractivity (Wildman–Crippen MR) is 111 cm³/mol. The average molecular weight is 429 g/mol. The van der Waals surface area contributed by atoms with Crippen molar-refractivity contribution in [3.05, 3.63) is 98.5 Å². The molecule has 0 saturated carbocycles. The molecule has 1 aliphatic rings. The third-order valence-electron chi connectivity index (χ3n) is 4.60. The van der Waals surface area contributed by atoms with Gasteiger partial charge in [0.05, 0.1) is 10.6 Å². The standard InChI is InChI=1S/C23H15Cl2FO3/c1-13-20(28-12-14-4-2-5-15(24)10-14)9-8-16-22(27)21(29-23(13)16)11-17-18(25)6-3-7-19(17)26/h2-11H,12H2,1H3/b21-11-. The first kappa shape index (κ1) is 19.5. The summed E-state index contributed by atoms with van der Waals surface area (Å²) in [7, 11) is 0. The Hall–Kier alpha value is -2.82. The third kappa shape index (κ3) is 3.86. The summed E-state index contributed by atoms with van der Waals surface area (Å²) >= 11 is 12.1. The van der Waals surface area contributed by atoms with Gasteiger partial charge >= 0.3 is 0 Å². The zero-order valence-electron chi connectivity index (χ0n) is 15.3. The molecule has 3 aromatic rings. The van der Waals surface area contributed by atoms with Crippen LogP contribution in [0, 0.1) is 12.7 Å². The summed E-state index contributed by atoms with van der Waals surface area (Å²) in [6.45, 7) is 2.13. The molecule has 4 rings (SSSR count). The first-order valence-corrected chi connectivity index (χ1v) is 9.59. The second kappa shape index (κ2) is 7.90. The van der Waals surface area contributed by atoms with Crippen LogP contribution >= 0.6 is 23.2 Å². The number of allylic oxidation sites excluding steroid dienone is 1. The van der Waals surface area contributed by atoms with Crippen LogP contribution in [-0.4, -0.2) is 5.78 Å². The molecule has 29 heavy (non-hydrogen) atoms. The maximum Gasteiger partial charge on any atom is 0.231 e. The molecule has 0 N–H and O–H groups in total. The Labute approximate surface area is 177 Å². The third-order valence-corrected chi connectivity index (χ3v) is 5.16. The van der Waals surface area contributed by atoms with Gasteiger partial charge in [-0.05, 0) is 55.0 Å². The highest BCUT2D eigenvalue weighted by Gasteiger charge is 2.30. The number of hydrogen-bond donors (Lipinski definition) is 0. The molecule has 1 aliphatic heterocycles. The molecule has 146 valence electrons. The Bertz CT molecular complexity index is 1130. The molecule has 0 atom stereocenters. The highest BCUT2D eigenvalue weighted by molar-refractivity contribution is 6.32. The van der Waals surface area contributed by atoms with Crippen molar-refractivity contribution >= 4 is 35.1 Å². The smallest absolute Gasteiger partial charge is 0.231 e. The molecule has 0 aromatic heterocycles. The van der Waals surface area contributed by atoms with Crippen molar-refractivity contribution in [3.8, 4) is 11.5 Å². The van der Waals surface area contributed by atoms with Gasteiger partial charge in [0.25, 0.3) is 0 Å². The van der Waals surface area contributed by atoms with Crippen molar-refractivity contribution in [3.63, 3.8) is 0 Å². The van der Waals surface area contributed by atoms with Crippen LogP contribution in [0.3, 0.4) is 0 Å². The summed E-state index contributed by atoms with van der Waals surface area (Å²) in [5.74, 6) is 0.143. The molecule has 3 aromatic carbocycles. The van der Waals surface area contributed by atoms with Gasteiger partial charge in [0, 0.05) is 16.1 Å². The summed E-state index contributed by atoms with van der Waals surface area (Å²) in [6, 6.07) is 15.1. The Morgan fingerprint density at radius 1 is 1.10 bits per heavy atom. The molecule has 0 spiro atoms. The fourth-order valence-electron chi connectivity index (χ4n) is 3.09. The van der Waals surface area contributed by atoms with E-state index < -0.39 is 5.82 Å². The zero-order chi connectivity index (χ0) is 20.5. The number of ketones is 1. The fraction of sp³-hybridized carbons (Fsp3) is 0.0870. The van der Waals surface area contributed by atoms with Crippen molar-refractivity contribution in [2.75, 3.05) is 0 Å². The number of Topliss-reactive ketones (excluding diaryl/α,β-unsaturated/α-hetero) is 1. The molecule has 0 amide bonds. The lowest BCUT2D eigenvalue weighted by atomic mass is 10.1. The predicted octanol–water partition coefficient (Wildman–Crippen LogP) is 6.64. The summed E-state index contributed by atoms with van der Waals surface area (Å²) in [5, 5.41) is 0.833. The van der Waals surface area contributed by atoms with E-state index in [-0.39, 0.29) is 22.1 Å². The molecule has 0 aliphatic carbocycles. The van der Waals surface area contributed by atoms with Gasteiger partial charge in [-0.3, -0.25) is 4.79 Å². The minimum absolute atomic E-state index is 0.0158. The minimum atomic E-state index is -0.528. The second-order valence-electron chi connectivity index (χ2n) is 6.56. The van der Waals surface area contributed by atoms with Crippen molar-refractivity contribution in [1.82, 2.24) is 0 Å². The first-order valence-electron chi connectivity index (χ1n) is 8.83. The van der Waals surface area contributed by atoms with Crippen LogP contribution in [-0.2, 0) is 6.61 Å². The molecule has 0 saturated heterocycles. The zero-order valence-corrected chi connectivity index (χ0v) is 16.9.